The summed E-state index contributed by atoms with van der Waals surface area (Å²) in [4.78, 5) is 60.4. The number of carbonyl (C=O) groups excluding carboxylic acids is 2. The van der Waals surface area contributed by atoms with E-state index in [1.807, 2.05) is 63.8 Å². The number of aromatic nitrogens is 4. The molecule has 248 valence electrons. The Bertz CT molecular complexity index is 1930. The third-order valence-electron chi connectivity index (χ3n) is 7.76. The van der Waals surface area contributed by atoms with Gasteiger partial charge in [0, 0.05) is 38.3 Å². The van der Waals surface area contributed by atoms with Crippen molar-refractivity contribution in [3.8, 4) is 11.5 Å². The number of aryl methyl sites for hydroxylation is 1. The van der Waals surface area contributed by atoms with E-state index in [2.05, 4.69) is 5.32 Å². The second kappa shape index (κ2) is 13.7. The zero-order chi connectivity index (χ0) is 33.9. The molecule has 3 heterocycles. The predicted molar refractivity (Wildman–Crippen MR) is 181 cm³/mol. The fourth-order valence-electron chi connectivity index (χ4n) is 5.53. The van der Waals surface area contributed by atoms with E-state index in [4.69, 9.17) is 14.5 Å². The number of para-hydroxylation sites is 1. The van der Waals surface area contributed by atoms with Crippen LogP contribution in [0.1, 0.15) is 57.8 Å². The van der Waals surface area contributed by atoms with Gasteiger partial charge in [0.25, 0.3) is 5.56 Å². The number of amides is 1. The smallest absolute Gasteiger partial charge is 0.407 e. The Hall–Kier alpha value is -5.13. The van der Waals surface area contributed by atoms with Crippen LogP contribution in [-0.4, -0.2) is 55.3 Å². The molecule has 0 radical (unpaired) electrons. The first-order chi connectivity index (χ1) is 22.3. The van der Waals surface area contributed by atoms with Gasteiger partial charge in [-0.2, -0.15) is 4.98 Å². The van der Waals surface area contributed by atoms with E-state index in [-0.39, 0.29) is 17.2 Å². The monoisotopic (exact) mass is 642 g/mol. The average Bonchev–Trinajstić information content (AvgIpc) is 3.40. The first-order valence-corrected chi connectivity index (χ1v) is 15.7. The van der Waals surface area contributed by atoms with Gasteiger partial charge in [0.2, 0.25) is 5.95 Å². The number of hydrogen-bond donors (Lipinski definition) is 1. The Kier molecular flexibility index (Phi) is 9.69. The van der Waals surface area contributed by atoms with Crippen LogP contribution in [0.3, 0.4) is 0 Å². The minimum Gasteiger partial charge on any atom is -0.457 e. The number of nitrogens with zero attached hydrogens (tertiary/aromatic N) is 5. The van der Waals surface area contributed by atoms with Crippen LogP contribution in [0.25, 0.3) is 11.2 Å². The predicted octanol–water partition coefficient (Wildman–Crippen LogP) is 5.03. The van der Waals surface area contributed by atoms with Crippen molar-refractivity contribution in [2.24, 2.45) is 7.05 Å². The number of rotatable bonds is 9. The summed E-state index contributed by atoms with van der Waals surface area (Å²) in [6.07, 6.45) is 3.02. The number of fused-ring (bicyclic) bond motifs is 1. The summed E-state index contributed by atoms with van der Waals surface area (Å²) in [7, 11) is 1.55. The summed E-state index contributed by atoms with van der Waals surface area (Å²) < 4.78 is 15.4. The highest BCUT2D eigenvalue weighted by Gasteiger charge is 2.29. The first-order valence-electron chi connectivity index (χ1n) is 15.7. The number of allylic oxidation sites excluding steroid dienone is 2. The van der Waals surface area contributed by atoms with Crippen molar-refractivity contribution in [2.45, 2.75) is 72.2 Å². The second-order valence-corrected chi connectivity index (χ2v) is 13.0. The Morgan fingerprint density at radius 1 is 1.02 bits per heavy atom. The molecule has 1 saturated heterocycles. The van der Waals surface area contributed by atoms with Crippen molar-refractivity contribution >= 4 is 29.0 Å². The molecule has 5 rings (SSSR count). The lowest BCUT2D eigenvalue weighted by Crippen LogP contribution is -2.49. The minimum absolute atomic E-state index is 0.199. The molecule has 0 spiro atoms. The molecular formula is C35H42N6O6. The number of nitrogens with one attached hydrogen (secondary N) is 1. The van der Waals surface area contributed by atoms with Crippen molar-refractivity contribution < 1.29 is 19.1 Å². The van der Waals surface area contributed by atoms with Gasteiger partial charge in [0.05, 0.1) is 6.54 Å². The summed E-state index contributed by atoms with van der Waals surface area (Å²) in [5.41, 5.74) is -0.0794. The number of alkyl carbamates (subject to hydrolysis) is 1. The molecule has 1 unspecified atom stereocenters. The summed E-state index contributed by atoms with van der Waals surface area (Å²) >= 11 is 0. The highest BCUT2D eigenvalue weighted by atomic mass is 16.6. The highest BCUT2D eigenvalue weighted by molar-refractivity contribution is 5.96. The molecule has 0 saturated carbocycles. The van der Waals surface area contributed by atoms with Crippen LogP contribution < -0.4 is 26.2 Å². The quantitative estimate of drug-likeness (QED) is 0.199. The second-order valence-electron chi connectivity index (χ2n) is 13.0. The van der Waals surface area contributed by atoms with E-state index in [0.717, 1.165) is 23.0 Å². The van der Waals surface area contributed by atoms with Crippen LogP contribution in [0.2, 0.25) is 0 Å². The summed E-state index contributed by atoms with van der Waals surface area (Å²) in [6, 6.07) is 15.6. The van der Waals surface area contributed by atoms with E-state index >= 15 is 0 Å². The van der Waals surface area contributed by atoms with Gasteiger partial charge in [-0.25, -0.2) is 9.59 Å². The van der Waals surface area contributed by atoms with Gasteiger partial charge >= 0.3 is 11.8 Å². The molecule has 1 fully saturated rings. The summed E-state index contributed by atoms with van der Waals surface area (Å²) in [5, 5.41) is 2.95. The number of ketones is 1. The molecule has 12 nitrogen and oxygen atoms in total. The van der Waals surface area contributed by atoms with E-state index in [0.29, 0.717) is 42.6 Å². The Labute approximate surface area is 273 Å². The average molecular weight is 643 g/mol. The lowest BCUT2D eigenvalue weighted by Gasteiger charge is -2.34. The third-order valence-corrected chi connectivity index (χ3v) is 7.76. The van der Waals surface area contributed by atoms with Crippen molar-refractivity contribution in [1.82, 2.24) is 24.0 Å². The van der Waals surface area contributed by atoms with Crippen LogP contribution in [0.15, 0.2) is 75.8 Å². The molecule has 47 heavy (non-hydrogen) atoms. The SMILES string of the molecule is CC(C)=CCn1c(N2CCCC(NC(=O)OC(C)(C)C)C2)nc2c1c(=O)n(CC(=O)c1cccc(Oc3ccccc3)c1)c(=O)n2C. The van der Waals surface area contributed by atoms with Crippen molar-refractivity contribution in [3.63, 3.8) is 0 Å². The van der Waals surface area contributed by atoms with Gasteiger partial charge in [-0.1, -0.05) is 42.0 Å². The van der Waals surface area contributed by atoms with E-state index in [1.54, 1.807) is 48.0 Å². The van der Waals surface area contributed by atoms with Crippen LogP contribution in [0, 0.1) is 0 Å². The van der Waals surface area contributed by atoms with Gasteiger partial charge in [0.15, 0.2) is 16.9 Å². The first kappa shape index (κ1) is 33.2. The van der Waals surface area contributed by atoms with Gasteiger partial charge in [-0.15, -0.1) is 0 Å². The molecule has 1 atom stereocenters. The largest absolute Gasteiger partial charge is 0.457 e. The van der Waals surface area contributed by atoms with Crippen LogP contribution in [-0.2, 0) is 24.9 Å². The minimum atomic E-state index is -0.644. The molecule has 0 bridgehead atoms. The third kappa shape index (κ3) is 7.82. The maximum atomic E-state index is 14.1. The Morgan fingerprint density at radius 3 is 2.45 bits per heavy atom. The number of ether oxygens (including phenoxy) is 2. The number of piperidine rings is 1. The fourth-order valence-corrected chi connectivity index (χ4v) is 5.53. The molecule has 2 aromatic heterocycles. The van der Waals surface area contributed by atoms with Gasteiger partial charge in [0.1, 0.15) is 17.1 Å². The fraction of sp³-hybridized carbons (Fsp3) is 0.400. The Morgan fingerprint density at radius 2 is 1.74 bits per heavy atom. The van der Waals surface area contributed by atoms with Crippen molar-refractivity contribution in [1.29, 1.82) is 0 Å². The summed E-state index contributed by atoms with van der Waals surface area (Å²) in [6.45, 7) is 10.3. The lowest BCUT2D eigenvalue weighted by atomic mass is 10.1. The van der Waals surface area contributed by atoms with E-state index in [1.165, 1.54) is 4.57 Å². The van der Waals surface area contributed by atoms with Gasteiger partial charge < -0.3 is 24.3 Å². The number of carbonyl (C=O) groups is 2. The molecule has 0 aliphatic carbocycles. The maximum Gasteiger partial charge on any atom is 0.407 e. The number of benzene rings is 2. The number of hydrogen-bond acceptors (Lipinski definition) is 8. The zero-order valence-electron chi connectivity index (χ0n) is 27.8. The molecule has 1 N–H and O–H groups in total. The van der Waals surface area contributed by atoms with Gasteiger partial charge in [-0.05, 0) is 71.7 Å². The lowest BCUT2D eigenvalue weighted by molar-refractivity contribution is 0.0499. The molecule has 12 heteroatoms. The molecule has 4 aromatic rings. The van der Waals surface area contributed by atoms with Crippen LogP contribution in [0.4, 0.5) is 10.7 Å². The maximum absolute atomic E-state index is 14.1. The standard InChI is InChI=1S/C35H42N6O6/c1-23(2)17-19-40-29-30(37-32(40)39-18-11-13-25(21-39)36-33(44)47-35(3,4)5)38(6)34(45)41(31(29)43)22-28(42)24-12-10-16-27(20-24)46-26-14-8-7-9-15-26/h7-10,12,14-17,20,25H,11,13,18-19,21-22H2,1-6H3,(H,36,44). The van der Waals surface area contributed by atoms with E-state index < -0.39 is 35.3 Å². The zero-order valence-corrected chi connectivity index (χ0v) is 27.8. The van der Waals surface area contributed by atoms with Crippen LogP contribution >= 0.6 is 0 Å². The normalized spacial score (nSPS) is 14.9. The molecule has 1 aliphatic rings. The number of Topliss-reactive ketones (excluding diaryl/α,β-unsaturated/α-hetero) is 1. The molecule has 1 amide bonds. The van der Waals surface area contributed by atoms with Crippen molar-refractivity contribution in [2.75, 3.05) is 18.0 Å². The van der Waals surface area contributed by atoms with Crippen molar-refractivity contribution in [3.05, 3.63) is 92.6 Å². The molecule has 2 aromatic carbocycles. The van der Waals surface area contributed by atoms with Crippen LogP contribution in [0.5, 0.6) is 11.5 Å². The topological polar surface area (TPSA) is 130 Å². The molecular weight excluding hydrogens is 600 g/mol. The molecule has 1 aliphatic heterocycles. The van der Waals surface area contributed by atoms with Gasteiger partial charge in [-0.3, -0.25) is 18.7 Å². The highest BCUT2D eigenvalue weighted by Crippen LogP contribution is 2.25. The number of imidazole rings is 1. The summed E-state index contributed by atoms with van der Waals surface area (Å²) in [5.74, 6) is 1.18. The van der Waals surface area contributed by atoms with E-state index in [9.17, 15) is 19.2 Å². The number of anilines is 1. The Balaban J connectivity index is 1.49.